The number of rotatable bonds is 5. The van der Waals surface area contributed by atoms with Crippen molar-refractivity contribution in [2.45, 2.75) is 52.4 Å². The van der Waals surface area contributed by atoms with Crippen LogP contribution in [0.5, 0.6) is 0 Å². The van der Waals surface area contributed by atoms with Crippen LogP contribution in [0.15, 0.2) is 59.1 Å². The molecule has 1 amide bonds. The Balaban J connectivity index is 1.46. The van der Waals surface area contributed by atoms with Crippen LogP contribution in [0, 0.1) is 6.92 Å². The minimum absolute atomic E-state index is 0.176. The molecule has 1 fully saturated rings. The lowest BCUT2D eigenvalue weighted by Crippen LogP contribution is -2.41. The number of aryl methyl sites for hydroxylation is 1. The topological polar surface area (TPSA) is 82.8 Å². The third-order valence-electron chi connectivity index (χ3n) is 6.00. The maximum Gasteiger partial charge on any atom is 0.494 e. The molecule has 1 N–H and O–H groups in total. The summed E-state index contributed by atoms with van der Waals surface area (Å²) in [6, 6.07) is 17.1. The van der Waals surface area contributed by atoms with Gasteiger partial charge in [-0.3, -0.25) is 5.32 Å². The Bertz CT molecular complexity index is 1080. The summed E-state index contributed by atoms with van der Waals surface area (Å²) in [6.45, 7) is 10.0. The van der Waals surface area contributed by atoms with E-state index in [0.29, 0.717) is 17.1 Å². The molecule has 0 spiro atoms. The molecule has 32 heavy (non-hydrogen) atoms. The number of hydrogen-bond acceptors (Lipinski definition) is 6. The summed E-state index contributed by atoms with van der Waals surface area (Å²) in [6.07, 6.45) is -0.574. The van der Waals surface area contributed by atoms with E-state index in [4.69, 9.17) is 18.6 Å². The van der Waals surface area contributed by atoms with Crippen molar-refractivity contribution < 1.29 is 23.4 Å². The Morgan fingerprint density at radius 1 is 1.00 bits per heavy atom. The van der Waals surface area contributed by atoms with E-state index in [0.717, 1.165) is 16.6 Å². The second-order valence-electron chi connectivity index (χ2n) is 8.87. The third-order valence-corrected chi connectivity index (χ3v) is 6.00. The zero-order valence-electron chi connectivity index (χ0n) is 19.0. The fraction of sp³-hybridized carbons (Fsp3) is 0.333. The molecule has 0 radical (unpaired) electrons. The van der Waals surface area contributed by atoms with E-state index in [1.54, 1.807) is 6.92 Å². The first kappa shape index (κ1) is 22.1. The Labute approximate surface area is 188 Å². The summed E-state index contributed by atoms with van der Waals surface area (Å²) in [5.74, 6) is 0.458. The first-order chi connectivity index (χ1) is 15.2. The van der Waals surface area contributed by atoms with E-state index in [9.17, 15) is 4.79 Å². The highest BCUT2D eigenvalue weighted by Crippen LogP contribution is 2.37. The zero-order chi connectivity index (χ0) is 22.9. The van der Waals surface area contributed by atoms with Crippen LogP contribution in [0.3, 0.4) is 0 Å². The number of amides is 1. The Morgan fingerprint density at radius 2 is 1.62 bits per heavy atom. The second-order valence-corrected chi connectivity index (χ2v) is 8.87. The summed E-state index contributed by atoms with van der Waals surface area (Å²) in [4.78, 5) is 12.3. The third kappa shape index (κ3) is 4.42. The minimum Gasteiger partial charge on any atom is -0.444 e. The van der Waals surface area contributed by atoms with Gasteiger partial charge in [-0.25, -0.2) is 4.79 Å². The molecule has 1 aliphatic rings. The lowest BCUT2D eigenvalue weighted by Gasteiger charge is -2.32. The van der Waals surface area contributed by atoms with Gasteiger partial charge >= 0.3 is 13.2 Å². The standard InChI is InChI=1S/C24H27BN2O5/c1-16-20(26-22(28)29-15-17-9-7-6-8-10-17)21(30-27-16)18-11-13-19(14-12-18)25-31-23(2,3)24(4,5)32-25/h6-14H,15H2,1-5H3,(H,26,28). The van der Waals surface area contributed by atoms with Gasteiger partial charge in [0.15, 0.2) is 5.76 Å². The van der Waals surface area contributed by atoms with Gasteiger partial charge in [-0.1, -0.05) is 59.8 Å². The molecule has 7 nitrogen and oxygen atoms in total. The average molecular weight is 434 g/mol. The molecule has 0 bridgehead atoms. The lowest BCUT2D eigenvalue weighted by atomic mass is 9.79. The quantitative estimate of drug-likeness (QED) is 0.587. The molecule has 8 heteroatoms. The monoisotopic (exact) mass is 434 g/mol. The number of aromatic nitrogens is 1. The Morgan fingerprint density at radius 3 is 2.25 bits per heavy atom. The van der Waals surface area contributed by atoms with Gasteiger partial charge in [0.05, 0.1) is 11.2 Å². The average Bonchev–Trinajstić information content (AvgIpc) is 3.22. The van der Waals surface area contributed by atoms with Crippen molar-refractivity contribution >= 4 is 24.4 Å². The molecule has 3 aromatic rings. The molecule has 2 heterocycles. The number of anilines is 1. The number of hydrogen-bond donors (Lipinski definition) is 1. The number of nitrogens with one attached hydrogen (secondary N) is 1. The van der Waals surface area contributed by atoms with Gasteiger partial charge in [0.25, 0.3) is 0 Å². The predicted octanol–water partition coefficient (Wildman–Crippen LogP) is 4.70. The van der Waals surface area contributed by atoms with Crippen LogP contribution in [0.4, 0.5) is 10.5 Å². The van der Waals surface area contributed by atoms with Crippen molar-refractivity contribution in [1.29, 1.82) is 0 Å². The summed E-state index contributed by atoms with van der Waals surface area (Å²) in [5.41, 5.74) is 2.80. The van der Waals surface area contributed by atoms with E-state index in [1.807, 2.05) is 82.3 Å². The molecule has 0 atom stereocenters. The highest BCUT2D eigenvalue weighted by molar-refractivity contribution is 6.62. The number of carbonyl (C=O) groups is 1. The maximum absolute atomic E-state index is 12.3. The molecule has 2 aromatic carbocycles. The SMILES string of the molecule is Cc1noc(-c2ccc(B3OC(C)(C)C(C)(C)O3)cc2)c1NC(=O)OCc1ccccc1. The van der Waals surface area contributed by atoms with Crippen molar-refractivity contribution in [3.05, 3.63) is 65.9 Å². The van der Waals surface area contributed by atoms with Crippen LogP contribution in [0.2, 0.25) is 0 Å². The molecule has 1 saturated heterocycles. The van der Waals surface area contributed by atoms with Gasteiger partial charge in [-0.2, -0.15) is 0 Å². The van der Waals surface area contributed by atoms with E-state index in [1.165, 1.54) is 0 Å². The fourth-order valence-electron chi connectivity index (χ4n) is 3.35. The first-order valence-electron chi connectivity index (χ1n) is 10.6. The number of carbonyl (C=O) groups excluding carboxylic acids is 1. The summed E-state index contributed by atoms with van der Waals surface area (Å²) in [7, 11) is -0.448. The number of benzene rings is 2. The van der Waals surface area contributed by atoms with Gasteiger partial charge in [0.1, 0.15) is 18.0 Å². The number of ether oxygens (including phenoxy) is 1. The smallest absolute Gasteiger partial charge is 0.444 e. The summed E-state index contributed by atoms with van der Waals surface area (Å²) >= 11 is 0. The van der Waals surface area contributed by atoms with Crippen molar-refractivity contribution in [2.75, 3.05) is 5.32 Å². The molecule has 1 aliphatic heterocycles. The van der Waals surface area contributed by atoms with Crippen molar-refractivity contribution in [1.82, 2.24) is 5.16 Å². The van der Waals surface area contributed by atoms with Crippen LogP contribution in [-0.4, -0.2) is 29.6 Å². The van der Waals surface area contributed by atoms with Gasteiger partial charge in [-0.05, 0) is 45.6 Å². The molecule has 0 unspecified atom stereocenters. The van der Waals surface area contributed by atoms with Crippen molar-refractivity contribution in [3.63, 3.8) is 0 Å². The predicted molar refractivity (Wildman–Crippen MR) is 123 cm³/mol. The van der Waals surface area contributed by atoms with Gasteiger partial charge in [0, 0.05) is 5.56 Å². The highest BCUT2D eigenvalue weighted by atomic mass is 16.7. The lowest BCUT2D eigenvalue weighted by molar-refractivity contribution is 0.00578. The summed E-state index contributed by atoms with van der Waals surface area (Å²) < 4.78 is 23.0. The summed E-state index contributed by atoms with van der Waals surface area (Å²) in [5, 5.41) is 6.76. The van der Waals surface area contributed by atoms with Crippen LogP contribution in [0.25, 0.3) is 11.3 Å². The van der Waals surface area contributed by atoms with Gasteiger partial charge in [0.2, 0.25) is 0 Å². The Hall–Kier alpha value is -3.10. The molecule has 4 rings (SSSR count). The normalized spacial score (nSPS) is 16.7. The molecule has 0 saturated carbocycles. The molecule has 1 aromatic heterocycles. The van der Waals surface area contributed by atoms with E-state index in [-0.39, 0.29) is 6.61 Å². The van der Waals surface area contributed by atoms with E-state index < -0.39 is 24.4 Å². The maximum atomic E-state index is 12.3. The first-order valence-corrected chi connectivity index (χ1v) is 10.6. The largest absolute Gasteiger partial charge is 0.494 e. The van der Waals surface area contributed by atoms with Crippen molar-refractivity contribution in [2.24, 2.45) is 0 Å². The van der Waals surface area contributed by atoms with E-state index in [2.05, 4.69) is 10.5 Å². The molecule has 166 valence electrons. The van der Waals surface area contributed by atoms with Gasteiger partial charge < -0.3 is 18.6 Å². The van der Waals surface area contributed by atoms with Crippen LogP contribution < -0.4 is 10.8 Å². The molecular formula is C24H27BN2O5. The number of nitrogens with zero attached hydrogens (tertiary/aromatic N) is 1. The van der Waals surface area contributed by atoms with Crippen LogP contribution in [-0.2, 0) is 20.7 Å². The molecular weight excluding hydrogens is 407 g/mol. The molecule has 0 aliphatic carbocycles. The van der Waals surface area contributed by atoms with Crippen molar-refractivity contribution in [3.8, 4) is 11.3 Å². The fourth-order valence-corrected chi connectivity index (χ4v) is 3.35. The second kappa shape index (κ2) is 8.45. The van der Waals surface area contributed by atoms with Crippen LogP contribution >= 0.6 is 0 Å². The highest BCUT2D eigenvalue weighted by Gasteiger charge is 2.51. The van der Waals surface area contributed by atoms with Crippen LogP contribution in [0.1, 0.15) is 39.0 Å². The zero-order valence-corrected chi connectivity index (χ0v) is 19.0. The van der Waals surface area contributed by atoms with Gasteiger partial charge in [-0.15, -0.1) is 0 Å². The minimum atomic E-state index is -0.574. The Kier molecular flexibility index (Phi) is 5.84. The van der Waals surface area contributed by atoms with E-state index >= 15 is 0 Å².